The Balaban J connectivity index is 1.17. The molecule has 2 aliphatic heterocycles. The minimum absolute atomic E-state index is 0.183. The summed E-state index contributed by atoms with van der Waals surface area (Å²) >= 11 is 0. The number of nitrogens with zero attached hydrogens (tertiary/aromatic N) is 2. The molecule has 2 fully saturated rings. The number of hydrogen-bond acceptors (Lipinski definition) is 3. The van der Waals surface area contributed by atoms with E-state index >= 15 is 0 Å². The van der Waals surface area contributed by atoms with Gasteiger partial charge in [-0.15, -0.1) is 0 Å². The summed E-state index contributed by atoms with van der Waals surface area (Å²) < 4.78 is 2.17. The lowest BCUT2D eigenvalue weighted by atomic mass is 9.89. The highest BCUT2D eigenvalue weighted by Gasteiger charge is 2.34. The Morgan fingerprint density at radius 1 is 1.07 bits per heavy atom. The van der Waals surface area contributed by atoms with E-state index in [1.165, 1.54) is 18.4 Å². The summed E-state index contributed by atoms with van der Waals surface area (Å²) in [6, 6.07) is 17.9. The van der Waals surface area contributed by atoms with Gasteiger partial charge in [-0.2, -0.15) is 0 Å². The number of rotatable bonds is 6. The molecule has 5 rings (SSSR count). The van der Waals surface area contributed by atoms with E-state index in [2.05, 4.69) is 50.5 Å². The van der Waals surface area contributed by atoms with Crippen molar-refractivity contribution in [3.63, 3.8) is 0 Å². The molecule has 2 atom stereocenters. The number of carbonyl (C=O) groups is 1. The van der Waals surface area contributed by atoms with Crippen LogP contribution in [0.2, 0.25) is 0 Å². The maximum atomic E-state index is 12.5. The lowest BCUT2D eigenvalue weighted by Gasteiger charge is -2.28. The smallest absolute Gasteiger partial charge is 0.220 e. The van der Waals surface area contributed by atoms with Crippen LogP contribution in [0.5, 0.6) is 0 Å². The van der Waals surface area contributed by atoms with Gasteiger partial charge >= 0.3 is 0 Å². The highest BCUT2D eigenvalue weighted by atomic mass is 16.1. The van der Waals surface area contributed by atoms with Gasteiger partial charge in [-0.3, -0.25) is 4.79 Å². The summed E-state index contributed by atoms with van der Waals surface area (Å²) in [5.74, 6) is 0.719. The fourth-order valence-electron chi connectivity index (χ4n) is 5.05. The van der Waals surface area contributed by atoms with E-state index in [0.29, 0.717) is 31.0 Å². The monoisotopic (exact) mass is 388 g/mol. The van der Waals surface area contributed by atoms with Crippen molar-refractivity contribution in [3.05, 3.63) is 66.0 Å². The number of hydrogen-bond donors (Lipinski definition) is 2. The fraction of sp³-hybridized carbons (Fsp3) is 0.417. The number of aromatic nitrogens is 2. The topological polar surface area (TPSA) is 59.0 Å². The van der Waals surface area contributed by atoms with Gasteiger partial charge in [0.2, 0.25) is 5.91 Å². The molecular formula is C24H28N4O. The van der Waals surface area contributed by atoms with Crippen LogP contribution in [0.25, 0.3) is 11.0 Å². The van der Waals surface area contributed by atoms with Crippen LogP contribution in [-0.2, 0) is 17.9 Å². The standard InChI is InChI=1S/C24H28N4O/c29-24(13-19-11-20-8-9-21(12-19)27-20)25-14-17-4-3-5-18(10-17)15-28-16-26-22-6-1-2-7-23(22)28/h1-7,10,16,19-21,27H,8-9,11-15H2,(H,25,29). The highest BCUT2D eigenvalue weighted by Crippen LogP contribution is 2.32. The van der Waals surface area contributed by atoms with E-state index in [-0.39, 0.29) is 5.91 Å². The SMILES string of the molecule is O=C(CC1CC2CCC(C1)N2)NCc1cccc(Cn2cnc3ccccc32)c1. The lowest BCUT2D eigenvalue weighted by Crippen LogP contribution is -2.39. The largest absolute Gasteiger partial charge is 0.352 e. The molecule has 2 aliphatic rings. The van der Waals surface area contributed by atoms with Crippen molar-refractivity contribution in [2.24, 2.45) is 5.92 Å². The number of para-hydroxylation sites is 2. The molecule has 2 bridgehead atoms. The normalized spacial score (nSPS) is 23.4. The summed E-state index contributed by atoms with van der Waals surface area (Å²) in [7, 11) is 0. The summed E-state index contributed by atoms with van der Waals surface area (Å²) in [5.41, 5.74) is 4.52. The van der Waals surface area contributed by atoms with Crippen LogP contribution in [0.15, 0.2) is 54.9 Å². The van der Waals surface area contributed by atoms with Crippen molar-refractivity contribution in [1.82, 2.24) is 20.2 Å². The van der Waals surface area contributed by atoms with Crippen LogP contribution in [-0.4, -0.2) is 27.5 Å². The molecule has 2 saturated heterocycles. The second-order valence-corrected chi connectivity index (χ2v) is 8.64. The van der Waals surface area contributed by atoms with Crippen LogP contribution < -0.4 is 10.6 Å². The number of benzene rings is 2. The minimum Gasteiger partial charge on any atom is -0.352 e. The zero-order chi connectivity index (χ0) is 19.6. The Labute approximate surface area is 171 Å². The molecular weight excluding hydrogens is 360 g/mol. The van der Waals surface area contributed by atoms with Crippen LogP contribution in [0.4, 0.5) is 0 Å². The van der Waals surface area contributed by atoms with Gasteiger partial charge in [0.25, 0.3) is 0 Å². The van der Waals surface area contributed by atoms with E-state index in [4.69, 9.17) is 0 Å². The van der Waals surface area contributed by atoms with Gasteiger partial charge in [0.05, 0.1) is 17.4 Å². The Hall–Kier alpha value is -2.66. The Morgan fingerprint density at radius 2 is 1.86 bits per heavy atom. The van der Waals surface area contributed by atoms with Crippen molar-refractivity contribution in [1.29, 1.82) is 0 Å². The Morgan fingerprint density at radius 3 is 2.72 bits per heavy atom. The average Bonchev–Trinajstić information content (AvgIpc) is 3.29. The van der Waals surface area contributed by atoms with E-state index in [1.807, 2.05) is 24.5 Å². The molecule has 0 spiro atoms. The fourth-order valence-corrected chi connectivity index (χ4v) is 5.05. The molecule has 1 amide bonds. The van der Waals surface area contributed by atoms with Gasteiger partial charge in [0.1, 0.15) is 0 Å². The van der Waals surface area contributed by atoms with Gasteiger partial charge in [0, 0.05) is 31.6 Å². The van der Waals surface area contributed by atoms with E-state index < -0.39 is 0 Å². The molecule has 0 aliphatic carbocycles. The molecule has 3 aromatic rings. The summed E-state index contributed by atoms with van der Waals surface area (Å²) in [6.07, 6.45) is 7.42. The van der Waals surface area contributed by atoms with Crippen LogP contribution in [0, 0.1) is 5.92 Å². The molecule has 5 nitrogen and oxygen atoms in total. The predicted molar refractivity (Wildman–Crippen MR) is 114 cm³/mol. The third kappa shape index (κ3) is 4.20. The first-order valence-electron chi connectivity index (χ1n) is 10.7. The third-order valence-corrected chi connectivity index (χ3v) is 6.41. The van der Waals surface area contributed by atoms with E-state index in [1.54, 1.807) is 0 Å². The lowest BCUT2D eigenvalue weighted by molar-refractivity contribution is -0.122. The van der Waals surface area contributed by atoms with Crippen molar-refractivity contribution in [2.45, 2.75) is 57.3 Å². The van der Waals surface area contributed by atoms with Crippen molar-refractivity contribution >= 4 is 16.9 Å². The molecule has 0 saturated carbocycles. The first kappa shape index (κ1) is 18.4. The number of fused-ring (bicyclic) bond motifs is 3. The molecule has 2 N–H and O–H groups in total. The van der Waals surface area contributed by atoms with Crippen LogP contribution in [0.3, 0.4) is 0 Å². The molecule has 150 valence electrons. The van der Waals surface area contributed by atoms with Gasteiger partial charge in [-0.05, 0) is 54.9 Å². The summed E-state index contributed by atoms with van der Waals surface area (Å²) in [5, 5.41) is 6.78. The molecule has 1 aromatic heterocycles. The van der Waals surface area contributed by atoms with Crippen LogP contribution in [0.1, 0.15) is 43.2 Å². The summed E-state index contributed by atoms with van der Waals surface area (Å²) in [6.45, 7) is 1.37. The summed E-state index contributed by atoms with van der Waals surface area (Å²) in [4.78, 5) is 16.9. The third-order valence-electron chi connectivity index (χ3n) is 6.41. The number of amides is 1. The van der Waals surface area contributed by atoms with Gasteiger partial charge in [-0.25, -0.2) is 4.98 Å². The average molecular weight is 389 g/mol. The first-order valence-corrected chi connectivity index (χ1v) is 10.7. The quantitative estimate of drug-likeness (QED) is 0.678. The number of carbonyl (C=O) groups excluding carboxylic acids is 1. The molecule has 0 radical (unpaired) electrons. The zero-order valence-corrected chi connectivity index (χ0v) is 16.7. The maximum Gasteiger partial charge on any atom is 0.220 e. The second kappa shape index (κ2) is 7.99. The number of imidazole rings is 1. The molecule has 29 heavy (non-hydrogen) atoms. The maximum absolute atomic E-state index is 12.5. The van der Waals surface area contributed by atoms with Crippen molar-refractivity contribution in [2.75, 3.05) is 0 Å². The molecule has 3 heterocycles. The zero-order valence-electron chi connectivity index (χ0n) is 16.7. The number of nitrogens with one attached hydrogen (secondary N) is 2. The van der Waals surface area contributed by atoms with E-state index in [9.17, 15) is 4.79 Å². The molecule has 2 aromatic carbocycles. The van der Waals surface area contributed by atoms with E-state index in [0.717, 1.165) is 36.0 Å². The Kier molecular flexibility index (Phi) is 5.06. The highest BCUT2D eigenvalue weighted by molar-refractivity contribution is 5.76. The van der Waals surface area contributed by atoms with Gasteiger partial charge in [-0.1, -0.05) is 36.4 Å². The molecule has 2 unspecified atom stereocenters. The second-order valence-electron chi connectivity index (χ2n) is 8.64. The van der Waals surface area contributed by atoms with Crippen molar-refractivity contribution < 1.29 is 4.79 Å². The van der Waals surface area contributed by atoms with Gasteiger partial charge < -0.3 is 15.2 Å². The Bertz CT molecular complexity index is 999. The van der Waals surface area contributed by atoms with Crippen LogP contribution >= 0.6 is 0 Å². The predicted octanol–water partition coefficient (Wildman–Crippen LogP) is 3.62. The van der Waals surface area contributed by atoms with Gasteiger partial charge in [0.15, 0.2) is 0 Å². The van der Waals surface area contributed by atoms with Crippen molar-refractivity contribution in [3.8, 4) is 0 Å². The number of piperidine rings is 1. The molecule has 5 heteroatoms. The first-order chi connectivity index (χ1) is 14.2. The minimum atomic E-state index is 0.183.